The van der Waals surface area contributed by atoms with Crippen molar-refractivity contribution in [2.24, 2.45) is 0 Å². The van der Waals surface area contributed by atoms with Gasteiger partial charge in [-0.1, -0.05) is 6.07 Å². The van der Waals surface area contributed by atoms with E-state index in [1.165, 1.54) is 19.9 Å². The van der Waals surface area contributed by atoms with Crippen LogP contribution in [0.4, 0.5) is 4.39 Å². The van der Waals surface area contributed by atoms with E-state index in [-0.39, 0.29) is 5.56 Å². The van der Waals surface area contributed by atoms with Gasteiger partial charge in [0.25, 0.3) is 0 Å². The third-order valence-electron chi connectivity index (χ3n) is 2.59. The van der Waals surface area contributed by atoms with Gasteiger partial charge in [0.2, 0.25) is 0 Å². The van der Waals surface area contributed by atoms with E-state index in [4.69, 9.17) is 5.11 Å². The molecule has 1 N–H and O–H groups in total. The molecule has 0 aliphatic carbocycles. The summed E-state index contributed by atoms with van der Waals surface area (Å²) in [6, 6.07) is 3.16. The Morgan fingerprint density at radius 2 is 1.87 bits per heavy atom. The molecule has 0 bridgehead atoms. The Morgan fingerprint density at radius 3 is 2.27 bits per heavy atom. The molecule has 0 saturated carbocycles. The largest absolute Gasteiger partial charge is 0.481 e. The fraction of sp³-hybridized carbons (Fsp3) is 0.417. The van der Waals surface area contributed by atoms with Crippen LogP contribution >= 0.6 is 0 Å². The van der Waals surface area contributed by atoms with Crippen LogP contribution in [0.3, 0.4) is 0 Å². The normalized spacial score (nSPS) is 11.5. The fourth-order valence-corrected chi connectivity index (χ4v) is 1.81. The molecular weight excluding hydrogens is 195 g/mol. The predicted octanol–water partition coefficient (Wildman–Crippen LogP) is 2.80. The van der Waals surface area contributed by atoms with Gasteiger partial charge >= 0.3 is 5.97 Å². The van der Waals surface area contributed by atoms with Crippen LogP contribution in [0.1, 0.15) is 30.5 Å². The maximum Gasteiger partial charge on any atom is 0.313 e. The van der Waals surface area contributed by atoms with Crippen molar-refractivity contribution < 1.29 is 14.3 Å². The van der Waals surface area contributed by atoms with Gasteiger partial charge in [-0.15, -0.1) is 0 Å². The molecule has 0 unspecified atom stereocenters. The highest BCUT2D eigenvalue weighted by molar-refractivity contribution is 5.81. The first-order chi connectivity index (χ1) is 6.76. The van der Waals surface area contributed by atoms with Crippen molar-refractivity contribution in [1.82, 2.24) is 0 Å². The highest BCUT2D eigenvalue weighted by Crippen LogP contribution is 2.29. The van der Waals surface area contributed by atoms with Crippen molar-refractivity contribution in [2.45, 2.75) is 33.1 Å². The van der Waals surface area contributed by atoms with Gasteiger partial charge in [0, 0.05) is 5.56 Å². The first-order valence-corrected chi connectivity index (χ1v) is 4.77. The smallest absolute Gasteiger partial charge is 0.313 e. The number of aliphatic carboxylic acids is 1. The maximum absolute atomic E-state index is 13.7. The van der Waals surface area contributed by atoms with Gasteiger partial charge in [0.1, 0.15) is 5.82 Å². The van der Waals surface area contributed by atoms with Crippen molar-refractivity contribution in [3.8, 4) is 0 Å². The van der Waals surface area contributed by atoms with Crippen LogP contribution in [0.2, 0.25) is 0 Å². The van der Waals surface area contributed by atoms with Crippen LogP contribution in [0.25, 0.3) is 0 Å². The molecule has 0 saturated heterocycles. The number of rotatable bonds is 2. The molecule has 0 spiro atoms. The Morgan fingerprint density at radius 1 is 1.33 bits per heavy atom. The summed E-state index contributed by atoms with van der Waals surface area (Å²) in [6.45, 7) is 6.54. The minimum absolute atomic E-state index is 0.264. The molecule has 1 rings (SSSR count). The Bertz CT molecular complexity index is 385. The molecule has 1 aromatic rings. The van der Waals surface area contributed by atoms with Crippen molar-refractivity contribution >= 4 is 5.97 Å². The van der Waals surface area contributed by atoms with E-state index in [2.05, 4.69) is 0 Å². The fourth-order valence-electron chi connectivity index (χ4n) is 1.81. The van der Waals surface area contributed by atoms with E-state index < -0.39 is 17.2 Å². The zero-order valence-electron chi connectivity index (χ0n) is 9.39. The van der Waals surface area contributed by atoms with Crippen molar-refractivity contribution in [2.75, 3.05) is 0 Å². The maximum atomic E-state index is 13.7. The lowest BCUT2D eigenvalue weighted by Crippen LogP contribution is -2.30. The summed E-state index contributed by atoms with van der Waals surface area (Å²) in [6.07, 6.45) is 0. The van der Waals surface area contributed by atoms with E-state index in [9.17, 15) is 9.18 Å². The van der Waals surface area contributed by atoms with Gasteiger partial charge < -0.3 is 5.11 Å². The summed E-state index contributed by atoms with van der Waals surface area (Å²) in [4.78, 5) is 11.0. The van der Waals surface area contributed by atoms with E-state index in [1.54, 1.807) is 19.9 Å². The molecule has 0 radical (unpaired) electrons. The first kappa shape index (κ1) is 11.7. The number of carbonyl (C=O) groups is 1. The Labute approximate surface area is 88.7 Å². The number of carboxylic acid groups (broad SMARTS) is 1. The van der Waals surface area contributed by atoms with E-state index in [0.29, 0.717) is 5.56 Å². The molecule has 0 fully saturated rings. The predicted molar refractivity (Wildman–Crippen MR) is 56.5 cm³/mol. The van der Waals surface area contributed by atoms with Gasteiger partial charge in [-0.05, 0) is 44.9 Å². The van der Waals surface area contributed by atoms with Crippen LogP contribution < -0.4 is 0 Å². The van der Waals surface area contributed by atoms with E-state index in [0.717, 1.165) is 5.56 Å². The molecule has 0 aromatic heterocycles. The number of hydrogen-bond donors (Lipinski definition) is 1. The summed E-state index contributed by atoms with van der Waals surface area (Å²) in [5.74, 6) is -1.46. The Hall–Kier alpha value is -1.38. The summed E-state index contributed by atoms with van der Waals surface area (Å²) in [7, 11) is 0. The molecule has 0 atom stereocenters. The quantitative estimate of drug-likeness (QED) is 0.815. The Kier molecular flexibility index (Phi) is 2.84. The Balaban J connectivity index is 3.44. The standard InChI is InChI=1S/C12H15FO2/c1-7-5-8(2)10(9(13)6-7)12(3,4)11(14)15/h5-6H,1-4H3,(H,14,15). The van der Waals surface area contributed by atoms with Gasteiger partial charge in [0.05, 0.1) is 5.41 Å². The number of benzene rings is 1. The first-order valence-electron chi connectivity index (χ1n) is 4.77. The minimum atomic E-state index is -1.19. The second kappa shape index (κ2) is 3.65. The van der Waals surface area contributed by atoms with Gasteiger partial charge in [-0.3, -0.25) is 4.79 Å². The average Bonchev–Trinajstić information content (AvgIpc) is 2.00. The average molecular weight is 210 g/mol. The summed E-state index contributed by atoms with van der Waals surface area (Å²) in [5.41, 5.74) is 0.553. The van der Waals surface area contributed by atoms with E-state index in [1.807, 2.05) is 0 Å². The molecule has 15 heavy (non-hydrogen) atoms. The number of halogens is 1. The second-order valence-corrected chi connectivity index (χ2v) is 4.37. The lowest BCUT2D eigenvalue weighted by Gasteiger charge is -2.23. The number of hydrogen-bond acceptors (Lipinski definition) is 1. The summed E-state index contributed by atoms with van der Waals surface area (Å²) >= 11 is 0. The molecule has 3 heteroatoms. The molecule has 0 aliphatic rings. The van der Waals surface area contributed by atoms with Crippen molar-refractivity contribution in [3.05, 3.63) is 34.6 Å². The summed E-state index contributed by atoms with van der Waals surface area (Å²) in [5, 5.41) is 9.05. The summed E-state index contributed by atoms with van der Waals surface area (Å²) < 4.78 is 13.7. The molecule has 0 amide bonds. The molecule has 0 heterocycles. The molecule has 1 aromatic carbocycles. The molecular formula is C12H15FO2. The van der Waals surface area contributed by atoms with E-state index >= 15 is 0 Å². The molecule has 0 aliphatic heterocycles. The SMILES string of the molecule is Cc1cc(C)c(C(C)(C)C(=O)O)c(F)c1. The lowest BCUT2D eigenvalue weighted by molar-refractivity contribution is -0.142. The third-order valence-corrected chi connectivity index (χ3v) is 2.59. The zero-order valence-corrected chi connectivity index (χ0v) is 9.39. The zero-order chi connectivity index (χ0) is 11.8. The number of aryl methyl sites for hydroxylation is 2. The highest BCUT2D eigenvalue weighted by atomic mass is 19.1. The minimum Gasteiger partial charge on any atom is -0.481 e. The second-order valence-electron chi connectivity index (χ2n) is 4.37. The van der Waals surface area contributed by atoms with Crippen LogP contribution in [-0.4, -0.2) is 11.1 Å². The topological polar surface area (TPSA) is 37.3 Å². The molecule has 82 valence electrons. The lowest BCUT2D eigenvalue weighted by atomic mass is 9.81. The monoisotopic (exact) mass is 210 g/mol. The van der Waals surface area contributed by atoms with Crippen LogP contribution in [-0.2, 0) is 10.2 Å². The van der Waals surface area contributed by atoms with Gasteiger partial charge in [-0.25, -0.2) is 4.39 Å². The van der Waals surface area contributed by atoms with Crippen LogP contribution in [0, 0.1) is 19.7 Å². The third kappa shape index (κ3) is 2.01. The number of carboxylic acids is 1. The molecule has 2 nitrogen and oxygen atoms in total. The van der Waals surface area contributed by atoms with Gasteiger partial charge in [-0.2, -0.15) is 0 Å². The van der Waals surface area contributed by atoms with Crippen molar-refractivity contribution in [3.63, 3.8) is 0 Å². The highest BCUT2D eigenvalue weighted by Gasteiger charge is 2.33. The van der Waals surface area contributed by atoms with Crippen LogP contribution in [0.15, 0.2) is 12.1 Å². The van der Waals surface area contributed by atoms with Crippen LogP contribution in [0.5, 0.6) is 0 Å². The van der Waals surface area contributed by atoms with Crippen molar-refractivity contribution in [1.29, 1.82) is 0 Å². The van der Waals surface area contributed by atoms with Gasteiger partial charge in [0.15, 0.2) is 0 Å².